The number of carbonyl (C=O) groups excluding carboxylic acids is 1. The van der Waals surface area contributed by atoms with Crippen molar-refractivity contribution in [2.45, 2.75) is 44.3 Å². The van der Waals surface area contributed by atoms with E-state index >= 15 is 0 Å². The first-order chi connectivity index (χ1) is 17.6. The largest absolute Gasteiger partial charge is 0.487 e. The molecule has 3 aromatic rings. The maximum Gasteiger partial charge on any atom is 0.131 e. The van der Waals surface area contributed by atoms with Gasteiger partial charge in [0.05, 0.1) is 11.3 Å². The van der Waals surface area contributed by atoms with E-state index in [1.165, 1.54) is 0 Å². The third kappa shape index (κ3) is 5.39. The van der Waals surface area contributed by atoms with Crippen LogP contribution in [0.1, 0.15) is 53.6 Å². The lowest BCUT2D eigenvalue weighted by molar-refractivity contribution is -0.107. The number of aliphatic hydroxyl groups is 1. The van der Waals surface area contributed by atoms with Crippen LogP contribution in [0.15, 0.2) is 66.9 Å². The molecule has 0 unspecified atom stereocenters. The zero-order valence-corrected chi connectivity index (χ0v) is 21.1. The fourth-order valence-corrected chi connectivity index (χ4v) is 5.32. The summed E-state index contributed by atoms with van der Waals surface area (Å²) < 4.78 is 6.11. The maximum atomic E-state index is 11.2. The van der Waals surface area contributed by atoms with E-state index in [1.54, 1.807) is 6.20 Å². The van der Waals surface area contributed by atoms with E-state index in [2.05, 4.69) is 28.1 Å². The summed E-state index contributed by atoms with van der Waals surface area (Å²) >= 11 is 6.02. The van der Waals surface area contributed by atoms with Crippen molar-refractivity contribution in [1.29, 1.82) is 0 Å². The van der Waals surface area contributed by atoms with Crippen molar-refractivity contribution in [2.24, 2.45) is 0 Å². The second-order valence-corrected chi connectivity index (χ2v) is 10.0. The van der Waals surface area contributed by atoms with E-state index < -0.39 is 5.60 Å². The van der Waals surface area contributed by atoms with Gasteiger partial charge in [-0.25, -0.2) is 0 Å². The minimum Gasteiger partial charge on any atom is -0.487 e. The van der Waals surface area contributed by atoms with Gasteiger partial charge in [0.25, 0.3) is 0 Å². The van der Waals surface area contributed by atoms with Crippen molar-refractivity contribution in [3.05, 3.63) is 99.8 Å². The first-order valence-electron chi connectivity index (χ1n) is 12.6. The Balaban J connectivity index is 1.32. The number of aldehydes is 1. The molecule has 0 atom stereocenters. The Kier molecular flexibility index (Phi) is 7.51. The van der Waals surface area contributed by atoms with Crippen molar-refractivity contribution in [2.75, 3.05) is 19.6 Å². The molecule has 1 saturated heterocycles. The molecule has 0 saturated carbocycles. The number of carbonyl (C=O) groups is 1. The molecular formula is C30H31ClN2O3. The summed E-state index contributed by atoms with van der Waals surface area (Å²) in [6, 6.07) is 17.8. The van der Waals surface area contributed by atoms with Gasteiger partial charge in [0.2, 0.25) is 0 Å². The van der Waals surface area contributed by atoms with Gasteiger partial charge in [-0.1, -0.05) is 41.9 Å². The number of aromatic nitrogens is 1. The van der Waals surface area contributed by atoms with E-state index in [-0.39, 0.29) is 0 Å². The fourth-order valence-electron chi connectivity index (χ4n) is 5.19. The molecule has 1 N–H and O–H groups in total. The Morgan fingerprint density at radius 3 is 2.64 bits per heavy atom. The molecular weight excluding hydrogens is 472 g/mol. The van der Waals surface area contributed by atoms with E-state index in [0.29, 0.717) is 37.3 Å². The quantitative estimate of drug-likeness (QED) is 0.428. The van der Waals surface area contributed by atoms with Crippen molar-refractivity contribution in [3.63, 3.8) is 0 Å². The molecule has 0 bridgehead atoms. The zero-order chi connectivity index (χ0) is 25.0. The van der Waals surface area contributed by atoms with E-state index in [4.69, 9.17) is 16.3 Å². The highest BCUT2D eigenvalue weighted by atomic mass is 35.5. The molecule has 0 radical (unpaired) electrons. The lowest BCUT2D eigenvalue weighted by Gasteiger charge is -2.38. The third-order valence-electron chi connectivity index (χ3n) is 7.29. The maximum absolute atomic E-state index is 11.2. The topological polar surface area (TPSA) is 62.7 Å². The summed E-state index contributed by atoms with van der Waals surface area (Å²) in [5.74, 6) is 0.847. The van der Waals surface area contributed by atoms with Crippen LogP contribution in [0.4, 0.5) is 0 Å². The van der Waals surface area contributed by atoms with Gasteiger partial charge in [0.1, 0.15) is 18.6 Å². The number of ether oxygens (including phenoxy) is 1. The van der Waals surface area contributed by atoms with E-state index in [0.717, 1.165) is 71.6 Å². The van der Waals surface area contributed by atoms with Crippen LogP contribution in [0.25, 0.3) is 5.57 Å². The number of nitrogens with zero attached hydrogens (tertiary/aromatic N) is 2. The highest BCUT2D eigenvalue weighted by Crippen LogP contribution is 2.38. The average molecular weight is 503 g/mol. The second-order valence-electron chi connectivity index (χ2n) is 9.61. The SMILES string of the molecule is O=CCCc1ccc2c(c1)C(=CCCN1CCC(O)(c3ccc(Cl)cc3)CC1)c1cccnc1CO2. The summed E-state index contributed by atoms with van der Waals surface area (Å²) in [5, 5.41) is 11.9. The summed E-state index contributed by atoms with van der Waals surface area (Å²) in [7, 11) is 0. The number of pyridine rings is 1. The molecule has 2 aliphatic heterocycles. The van der Waals surface area contributed by atoms with Gasteiger partial charge >= 0.3 is 0 Å². The number of piperidine rings is 1. The lowest BCUT2D eigenvalue weighted by Crippen LogP contribution is -2.42. The highest BCUT2D eigenvalue weighted by Gasteiger charge is 2.33. The van der Waals surface area contributed by atoms with Gasteiger partial charge in [0.15, 0.2) is 0 Å². The molecule has 0 aliphatic carbocycles. The Morgan fingerprint density at radius 2 is 1.86 bits per heavy atom. The number of halogens is 1. The van der Waals surface area contributed by atoms with Crippen molar-refractivity contribution in [3.8, 4) is 5.75 Å². The van der Waals surface area contributed by atoms with Gasteiger partial charge in [-0.2, -0.15) is 0 Å². The first kappa shape index (κ1) is 24.7. The zero-order valence-electron chi connectivity index (χ0n) is 20.3. The molecule has 2 aliphatic rings. The predicted molar refractivity (Wildman–Crippen MR) is 142 cm³/mol. The molecule has 186 valence electrons. The average Bonchev–Trinajstić information content (AvgIpc) is 3.06. The molecule has 3 heterocycles. The Bertz CT molecular complexity index is 1250. The Morgan fingerprint density at radius 1 is 1.06 bits per heavy atom. The minimum atomic E-state index is -0.792. The van der Waals surface area contributed by atoms with Crippen molar-refractivity contribution < 1.29 is 14.6 Å². The van der Waals surface area contributed by atoms with Crippen molar-refractivity contribution in [1.82, 2.24) is 9.88 Å². The normalized spacial score (nSPS) is 18.1. The van der Waals surface area contributed by atoms with Gasteiger partial charge in [-0.3, -0.25) is 4.98 Å². The lowest BCUT2D eigenvalue weighted by atomic mass is 9.84. The van der Waals surface area contributed by atoms with Crippen LogP contribution in [0.3, 0.4) is 0 Å². The minimum absolute atomic E-state index is 0.434. The molecule has 1 aromatic heterocycles. The van der Waals surface area contributed by atoms with Crippen LogP contribution in [0.5, 0.6) is 5.75 Å². The standard InChI is InChI=1S/C30H31ClN2O3/c31-24-10-8-23(9-11-24)30(35)13-17-33(18-14-30)16-2-6-25-26-5-1-15-32-28(26)21-36-29-12-7-22(4-3-19-34)20-27(25)29/h1,5-12,15,19-20,35H,2-4,13-14,16-18,21H2. The van der Waals surface area contributed by atoms with Crippen LogP contribution in [0.2, 0.25) is 5.02 Å². The van der Waals surface area contributed by atoms with Crippen LogP contribution in [0, 0.1) is 0 Å². The van der Waals surface area contributed by atoms with Crippen molar-refractivity contribution >= 4 is 23.5 Å². The number of hydrogen-bond donors (Lipinski definition) is 1. The fraction of sp³-hybridized carbons (Fsp3) is 0.333. The number of rotatable bonds is 7. The molecule has 0 amide bonds. The monoisotopic (exact) mass is 502 g/mol. The van der Waals surface area contributed by atoms with Gasteiger partial charge in [-0.05, 0) is 72.7 Å². The molecule has 6 heteroatoms. The van der Waals surface area contributed by atoms with Gasteiger partial charge in [0, 0.05) is 48.4 Å². The first-order valence-corrected chi connectivity index (χ1v) is 13.0. The molecule has 1 fully saturated rings. The summed E-state index contributed by atoms with van der Waals surface area (Å²) in [5.41, 5.74) is 5.49. The van der Waals surface area contributed by atoms with Gasteiger partial charge in [-0.15, -0.1) is 0 Å². The second kappa shape index (κ2) is 11.0. The number of hydrogen-bond acceptors (Lipinski definition) is 5. The highest BCUT2D eigenvalue weighted by molar-refractivity contribution is 6.30. The smallest absolute Gasteiger partial charge is 0.131 e. The summed E-state index contributed by atoms with van der Waals surface area (Å²) in [6.45, 7) is 3.03. The number of fused-ring (bicyclic) bond motifs is 2. The number of aryl methyl sites for hydroxylation is 1. The molecule has 5 nitrogen and oxygen atoms in total. The molecule has 2 aromatic carbocycles. The van der Waals surface area contributed by atoms with E-state index in [1.807, 2.05) is 42.5 Å². The van der Waals surface area contributed by atoms with E-state index in [9.17, 15) is 9.90 Å². The molecule has 5 rings (SSSR count). The number of benzene rings is 2. The van der Waals surface area contributed by atoms with Crippen LogP contribution in [-0.2, 0) is 23.4 Å². The summed E-state index contributed by atoms with van der Waals surface area (Å²) in [6.07, 6.45) is 8.57. The van der Waals surface area contributed by atoms with Crippen LogP contribution in [-0.4, -0.2) is 40.9 Å². The summed E-state index contributed by atoms with van der Waals surface area (Å²) in [4.78, 5) is 17.9. The van der Waals surface area contributed by atoms with Crippen LogP contribution < -0.4 is 4.74 Å². The Labute approximate surface area is 217 Å². The third-order valence-corrected chi connectivity index (χ3v) is 7.54. The molecule has 0 spiro atoms. The molecule has 36 heavy (non-hydrogen) atoms. The number of likely N-dealkylation sites (tertiary alicyclic amines) is 1. The Hall–Kier alpha value is -2.99. The van der Waals surface area contributed by atoms with Crippen LogP contribution >= 0.6 is 11.6 Å². The predicted octanol–water partition coefficient (Wildman–Crippen LogP) is 5.56. The van der Waals surface area contributed by atoms with Gasteiger partial charge < -0.3 is 19.5 Å².